The fourth-order valence-electron chi connectivity index (χ4n) is 3.53. The van der Waals surface area contributed by atoms with Gasteiger partial charge in [-0.05, 0) is 42.3 Å². The molecule has 0 unspecified atom stereocenters. The Morgan fingerprint density at radius 1 is 1.11 bits per heavy atom. The summed E-state index contributed by atoms with van der Waals surface area (Å²) in [4.78, 5) is 27.4. The van der Waals surface area contributed by atoms with E-state index in [2.05, 4.69) is 26.1 Å². The first-order chi connectivity index (χ1) is 16.6. The van der Waals surface area contributed by atoms with Gasteiger partial charge in [-0.2, -0.15) is 5.10 Å². The molecule has 0 aliphatic carbocycles. The van der Waals surface area contributed by atoms with Crippen molar-refractivity contribution < 1.29 is 18.7 Å². The van der Waals surface area contributed by atoms with Gasteiger partial charge in [0, 0.05) is 25.1 Å². The second-order valence-electron chi connectivity index (χ2n) is 9.58. The molecule has 3 rings (SSSR count). The van der Waals surface area contributed by atoms with Crippen LogP contribution in [-0.2, 0) is 26.2 Å². The molecule has 0 radical (unpaired) electrons. The molecular weight excluding hydrogens is 447 g/mol. The van der Waals surface area contributed by atoms with Gasteiger partial charge in [0.25, 0.3) is 0 Å². The molecule has 1 N–H and O–H groups in total. The largest absolute Gasteiger partial charge is 0.383 e. The van der Waals surface area contributed by atoms with Crippen LogP contribution in [0.3, 0.4) is 0 Å². The quantitative estimate of drug-likeness (QED) is 0.496. The number of nitrogens with zero attached hydrogens (tertiary/aromatic N) is 3. The molecule has 2 aromatic carbocycles. The lowest BCUT2D eigenvalue weighted by atomic mass is 9.92. The van der Waals surface area contributed by atoms with E-state index in [1.54, 1.807) is 16.8 Å². The summed E-state index contributed by atoms with van der Waals surface area (Å²) >= 11 is 0. The predicted octanol–water partition coefficient (Wildman–Crippen LogP) is 4.27. The minimum absolute atomic E-state index is 0.0622. The Kier molecular flexibility index (Phi) is 8.40. The standard InChI is InChI=1S/C27H33FN4O3/c1-19-7-6-8-22(15-19)32-24(17-23(30-32)27(2,3)4)29-25(33)18-31(13-14-35-5)26(34)16-20-9-11-21(28)12-10-20/h6-12,15,17H,13-14,16,18H2,1-5H3,(H,29,33). The molecule has 1 heterocycles. The van der Waals surface area contributed by atoms with Crippen molar-refractivity contribution in [3.63, 3.8) is 0 Å². The number of methoxy groups -OCH3 is 1. The smallest absolute Gasteiger partial charge is 0.245 e. The molecule has 0 aliphatic rings. The summed E-state index contributed by atoms with van der Waals surface area (Å²) in [6.07, 6.45) is 0.0622. The highest BCUT2D eigenvalue weighted by molar-refractivity contribution is 5.94. The summed E-state index contributed by atoms with van der Waals surface area (Å²) in [5.41, 5.74) is 3.19. The molecule has 1 aromatic heterocycles. The molecule has 186 valence electrons. The zero-order chi connectivity index (χ0) is 25.6. The number of amides is 2. The summed E-state index contributed by atoms with van der Waals surface area (Å²) in [6.45, 7) is 8.57. The fourth-order valence-corrected chi connectivity index (χ4v) is 3.53. The van der Waals surface area contributed by atoms with E-state index in [9.17, 15) is 14.0 Å². The van der Waals surface area contributed by atoms with Crippen LogP contribution in [0.1, 0.15) is 37.6 Å². The molecule has 0 saturated carbocycles. The van der Waals surface area contributed by atoms with Gasteiger partial charge in [0.15, 0.2) is 0 Å². The van der Waals surface area contributed by atoms with Gasteiger partial charge in [0.05, 0.1) is 31.0 Å². The Morgan fingerprint density at radius 3 is 2.46 bits per heavy atom. The number of hydrogen-bond acceptors (Lipinski definition) is 4. The van der Waals surface area contributed by atoms with Gasteiger partial charge in [0.2, 0.25) is 11.8 Å². The number of aromatic nitrogens is 2. The zero-order valence-corrected chi connectivity index (χ0v) is 21.0. The average molecular weight is 481 g/mol. The summed E-state index contributed by atoms with van der Waals surface area (Å²) in [5.74, 6) is -0.422. The first-order valence-electron chi connectivity index (χ1n) is 11.6. The number of carbonyl (C=O) groups is 2. The monoisotopic (exact) mass is 480 g/mol. The van der Waals surface area contributed by atoms with Gasteiger partial charge in [-0.25, -0.2) is 9.07 Å². The Bertz CT molecular complexity index is 1170. The van der Waals surface area contributed by atoms with Crippen LogP contribution in [0.25, 0.3) is 5.69 Å². The number of carbonyl (C=O) groups excluding carboxylic acids is 2. The number of hydrogen-bond donors (Lipinski definition) is 1. The lowest BCUT2D eigenvalue weighted by Crippen LogP contribution is -2.41. The SMILES string of the molecule is COCCN(CC(=O)Nc1cc(C(C)(C)C)nn1-c1cccc(C)c1)C(=O)Cc1ccc(F)cc1. The van der Waals surface area contributed by atoms with Crippen molar-refractivity contribution in [2.24, 2.45) is 0 Å². The number of nitrogens with one attached hydrogen (secondary N) is 1. The van der Waals surface area contributed by atoms with E-state index in [0.29, 0.717) is 11.4 Å². The topological polar surface area (TPSA) is 76.5 Å². The molecule has 0 fully saturated rings. The van der Waals surface area contributed by atoms with Crippen LogP contribution in [0.4, 0.5) is 10.2 Å². The van der Waals surface area contributed by atoms with Crippen molar-refractivity contribution in [1.29, 1.82) is 0 Å². The third-order valence-corrected chi connectivity index (χ3v) is 5.51. The highest BCUT2D eigenvalue weighted by Crippen LogP contribution is 2.26. The zero-order valence-electron chi connectivity index (χ0n) is 21.0. The van der Waals surface area contributed by atoms with Gasteiger partial charge in [-0.15, -0.1) is 0 Å². The average Bonchev–Trinajstić information content (AvgIpc) is 3.22. The molecule has 3 aromatic rings. The predicted molar refractivity (Wildman–Crippen MR) is 134 cm³/mol. The van der Waals surface area contributed by atoms with Gasteiger partial charge in [-0.1, -0.05) is 45.0 Å². The minimum Gasteiger partial charge on any atom is -0.383 e. The highest BCUT2D eigenvalue weighted by atomic mass is 19.1. The second-order valence-corrected chi connectivity index (χ2v) is 9.58. The van der Waals surface area contributed by atoms with Crippen LogP contribution >= 0.6 is 0 Å². The lowest BCUT2D eigenvalue weighted by molar-refractivity contribution is -0.134. The van der Waals surface area contributed by atoms with Crippen LogP contribution in [0.2, 0.25) is 0 Å². The van der Waals surface area contributed by atoms with Gasteiger partial charge >= 0.3 is 0 Å². The Morgan fingerprint density at radius 2 is 1.83 bits per heavy atom. The van der Waals surface area contributed by atoms with Crippen LogP contribution in [0.15, 0.2) is 54.6 Å². The molecular formula is C27H33FN4O3. The number of aryl methyl sites for hydroxylation is 1. The second kappa shape index (κ2) is 11.3. The number of anilines is 1. The number of ether oxygens (including phenoxy) is 1. The minimum atomic E-state index is -0.364. The summed E-state index contributed by atoms with van der Waals surface area (Å²) in [5, 5.41) is 7.67. The first kappa shape index (κ1) is 26.1. The Hall–Kier alpha value is -3.52. The van der Waals surface area contributed by atoms with Crippen molar-refractivity contribution in [3.05, 3.63) is 77.2 Å². The van der Waals surface area contributed by atoms with Gasteiger partial charge in [0.1, 0.15) is 11.6 Å². The third kappa shape index (κ3) is 7.23. The number of rotatable bonds is 9. The Labute approximate surface area is 205 Å². The first-order valence-corrected chi connectivity index (χ1v) is 11.6. The van der Waals surface area contributed by atoms with E-state index in [-0.39, 0.29) is 49.2 Å². The maximum atomic E-state index is 13.2. The maximum Gasteiger partial charge on any atom is 0.245 e. The van der Waals surface area contributed by atoms with Crippen molar-refractivity contribution in [1.82, 2.24) is 14.7 Å². The molecule has 0 atom stereocenters. The van der Waals surface area contributed by atoms with Crippen molar-refractivity contribution >= 4 is 17.6 Å². The van der Waals surface area contributed by atoms with E-state index >= 15 is 0 Å². The number of benzene rings is 2. The van der Waals surface area contributed by atoms with Crippen molar-refractivity contribution in [2.75, 3.05) is 32.1 Å². The highest BCUT2D eigenvalue weighted by Gasteiger charge is 2.23. The summed E-state index contributed by atoms with van der Waals surface area (Å²) < 4.78 is 20.1. The fraction of sp³-hybridized carbons (Fsp3) is 0.370. The summed E-state index contributed by atoms with van der Waals surface area (Å²) in [7, 11) is 1.54. The van der Waals surface area contributed by atoms with Crippen LogP contribution in [0.5, 0.6) is 0 Å². The van der Waals surface area contributed by atoms with E-state index in [0.717, 1.165) is 16.9 Å². The van der Waals surface area contributed by atoms with E-state index in [1.165, 1.54) is 24.1 Å². The van der Waals surface area contributed by atoms with Gasteiger partial charge < -0.3 is 15.0 Å². The van der Waals surface area contributed by atoms with Crippen molar-refractivity contribution in [3.8, 4) is 5.69 Å². The summed E-state index contributed by atoms with van der Waals surface area (Å²) in [6, 6.07) is 15.5. The Balaban J connectivity index is 1.80. The normalized spacial score (nSPS) is 11.4. The lowest BCUT2D eigenvalue weighted by Gasteiger charge is -2.22. The molecule has 0 spiro atoms. The van der Waals surface area contributed by atoms with Crippen LogP contribution in [-0.4, -0.2) is 53.3 Å². The number of halogens is 1. The molecule has 35 heavy (non-hydrogen) atoms. The molecule has 0 bridgehead atoms. The molecule has 7 nitrogen and oxygen atoms in total. The maximum absolute atomic E-state index is 13.2. The van der Waals surface area contributed by atoms with Crippen LogP contribution < -0.4 is 5.32 Å². The van der Waals surface area contributed by atoms with Crippen molar-refractivity contribution in [2.45, 2.75) is 39.5 Å². The van der Waals surface area contributed by atoms with Gasteiger partial charge in [-0.3, -0.25) is 9.59 Å². The molecule has 8 heteroatoms. The van der Waals surface area contributed by atoms with E-state index < -0.39 is 0 Å². The van der Waals surface area contributed by atoms with Crippen LogP contribution in [0, 0.1) is 12.7 Å². The molecule has 0 saturated heterocycles. The molecule has 0 aliphatic heterocycles. The van der Waals surface area contributed by atoms with E-state index in [1.807, 2.05) is 37.3 Å². The molecule has 2 amide bonds. The van der Waals surface area contributed by atoms with E-state index in [4.69, 9.17) is 9.84 Å². The third-order valence-electron chi connectivity index (χ3n) is 5.51.